The van der Waals surface area contributed by atoms with Crippen LogP contribution in [0.4, 0.5) is 4.39 Å². The molecule has 6 heteroatoms. The zero-order chi connectivity index (χ0) is 16.9. The first-order valence-electron chi connectivity index (χ1n) is 7.97. The SMILES string of the molecule is CNC(=O)C[C@@]1(CCCc2ccccc2)N[C@H](CO)[C@@H](O)[C@@H]1F. The largest absolute Gasteiger partial charge is 0.395 e. The van der Waals surface area contributed by atoms with Crippen molar-refractivity contribution in [3.05, 3.63) is 35.9 Å². The second-order valence-corrected chi connectivity index (χ2v) is 6.17. The summed E-state index contributed by atoms with van der Waals surface area (Å²) in [5.74, 6) is -0.286. The number of amides is 1. The normalized spacial score (nSPS) is 30.3. The van der Waals surface area contributed by atoms with Crippen molar-refractivity contribution in [1.29, 1.82) is 0 Å². The van der Waals surface area contributed by atoms with E-state index in [9.17, 15) is 19.4 Å². The number of nitrogens with one attached hydrogen (secondary N) is 2. The Bertz CT molecular complexity index is 514. The molecule has 5 nitrogen and oxygen atoms in total. The number of carbonyl (C=O) groups is 1. The highest BCUT2D eigenvalue weighted by molar-refractivity contribution is 5.77. The van der Waals surface area contributed by atoms with E-state index in [0.717, 1.165) is 12.0 Å². The first kappa shape index (κ1) is 17.8. The molecule has 23 heavy (non-hydrogen) atoms. The number of hydrogen-bond donors (Lipinski definition) is 4. The van der Waals surface area contributed by atoms with E-state index in [0.29, 0.717) is 12.8 Å². The third-order valence-corrected chi connectivity index (χ3v) is 4.60. The Hall–Kier alpha value is -1.50. The fourth-order valence-corrected chi connectivity index (χ4v) is 3.29. The van der Waals surface area contributed by atoms with Gasteiger partial charge >= 0.3 is 0 Å². The maximum absolute atomic E-state index is 14.7. The van der Waals surface area contributed by atoms with Gasteiger partial charge < -0.3 is 20.8 Å². The molecule has 0 spiro atoms. The van der Waals surface area contributed by atoms with E-state index in [1.54, 1.807) is 0 Å². The van der Waals surface area contributed by atoms with Crippen LogP contribution >= 0.6 is 0 Å². The molecule has 1 amide bonds. The molecule has 0 unspecified atom stereocenters. The smallest absolute Gasteiger partial charge is 0.221 e. The van der Waals surface area contributed by atoms with Crippen LogP contribution in [-0.4, -0.2) is 53.6 Å². The van der Waals surface area contributed by atoms with Crippen LogP contribution in [0.3, 0.4) is 0 Å². The van der Waals surface area contributed by atoms with E-state index >= 15 is 0 Å². The molecule has 4 N–H and O–H groups in total. The Balaban J connectivity index is 2.06. The molecule has 128 valence electrons. The second kappa shape index (κ2) is 7.86. The van der Waals surface area contributed by atoms with Crippen LogP contribution in [0.1, 0.15) is 24.8 Å². The molecule has 0 radical (unpaired) electrons. The van der Waals surface area contributed by atoms with E-state index in [1.165, 1.54) is 7.05 Å². The molecule has 1 saturated heterocycles. The number of aryl methyl sites for hydroxylation is 1. The minimum absolute atomic E-state index is 0.0625. The van der Waals surface area contributed by atoms with E-state index in [-0.39, 0.29) is 18.9 Å². The third-order valence-electron chi connectivity index (χ3n) is 4.60. The molecule has 0 aromatic heterocycles. The van der Waals surface area contributed by atoms with Gasteiger partial charge in [0.1, 0.15) is 12.3 Å². The highest BCUT2D eigenvalue weighted by atomic mass is 19.1. The van der Waals surface area contributed by atoms with Gasteiger partial charge in [-0.05, 0) is 24.8 Å². The molecule has 0 bridgehead atoms. The van der Waals surface area contributed by atoms with Crippen molar-refractivity contribution in [1.82, 2.24) is 10.6 Å². The van der Waals surface area contributed by atoms with E-state index in [2.05, 4.69) is 10.6 Å². The number of aliphatic hydroxyl groups excluding tert-OH is 2. The van der Waals surface area contributed by atoms with Gasteiger partial charge in [-0.2, -0.15) is 0 Å². The molecule has 0 aliphatic carbocycles. The van der Waals surface area contributed by atoms with Crippen molar-refractivity contribution in [3.63, 3.8) is 0 Å². The topological polar surface area (TPSA) is 81.6 Å². The van der Waals surface area contributed by atoms with Crippen molar-refractivity contribution in [3.8, 4) is 0 Å². The number of alkyl halides is 1. The van der Waals surface area contributed by atoms with Crippen LogP contribution < -0.4 is 10.6 Å². The summed E-state index contributed by atoms with van der Waals surface area (Å²) in [6.45, 7) is -0.365. The maximum Gasteiger partial charge on any atom is 0.221 e. The number of benzene rings is 1. The van der Waals surface area contributed by atoms with Crippen LogP contribution in [0.5, 0.6) is 0 Å². The molecule has 0 saturated carbocycles. The van der Waals surface area contributed by atoms with Crippen LogP contribution in [0, 0.1) is 0 Å². The average Bonchev–Trinajstić information content (AvgIpc) is 2.80. The zero-order valence-electron chi connectivity index (χ0n) is 13.3. The summed E-state index contributed by atoms with van der Waals surface area (Å²) >= 11 is 0. The minimum atomic E-state index is -1.59. The molecule has 2 rings (SSSR count). The summed E-state index contributed by atoms with van der Waals surface area (Å²) < 4.78 is 14.7. The Labute approximate surface area is 135 Å². The summed E-state index contributed by atoms with van der Waals surface area (Å²) in [6, 6.07) is 9.11. The van der Waals surface area contributed by atoms with Crippen molar-refractivity contribution in [2.24, 2.45) is 0 Å². The number of carbonyl (C=O) groups excluding carboxylic acids is 1. The predicted molar refractivity (Wildman–Crippen MR) is 85.7 cm³/mol. The van der Waals surface area contributed by atoms with Gasteiger partial charge in [0.2, 0.25) is 5.91 Å². The van der Waals surface area contributed by atoms with Crippen LogP contribution in [0.2, 0.25) is 0 Å². The van der Waals surface area contributed by atoms with Gasteiger partial charge in [-0.3, -0.25) is 4.79 Å². The van der Waals surface area contributed by atoms with Crippen LogP contribution in [0.25, 0.3) is 0 Å². The lowest BCUT2D eigenvalue weighted by Crippen LogP contribution is -2.51. The third kappa shape index (κ3) is 4.07. The summed E-state index contributed by atoms with van der Waals surface area (Å²) in [5, 5.41) is 24.7. The van der Waals surface area contributed by atoms with Crippen molar-refractivity contribution >= 4 is 5.91 Å². The number of aliphatic hydroxyl groups is 2. The van der Waals surface area contributed by atoms with Gasteiger partial charge in [-0.1, -0.05) is 30.3 Å². The summed E-state index contributed by atoms with van der Waals surface area (Å²) in [4.78, 5) is 11.8. The zero-order valence-corrected chi connectivity index (χ0v) is 13.3. The summed E-state index contributed by atoms with van der Waals surface area (Å²) in [7, 11) is 1.50. The molecule has 1 aliphatic heterocycles. The highest BCUT2D eigenvalue weighted by Crippen LogP contribution is 2.35. The number of hydrogen-bond acceptors (Lipinski definition) is 4. The summed E-state index contributed by atoms with van der Waals surface area (Å²) in [6.07, 6.45) is -1.10. The van der Waals surface area contributed by atoms with Gasteiger partial charge in [0.05, 0.1) is 18.2 Å². The Kier molecular flexibility index (Phi) is 6.10. The van der Waals surface area contributed by atoms with Gasteiger partial charge in [0, 0.05) is 13.5 Å². The molecule has 1 aliphatic rings. The average molecular weight is 324 g/mol. The lowest BCUT2D eigenvalue weighted by Gasteiger charge is -2.31. The van der Waals surface area contributed by atoms with E-state index in [1.807, 2.05) is 30.3 Å². The predicted octanol–water partition coefficient (Wildman–Crippen LogP) is 0.547. The fraction of sp³-hybridized carbons (Fsp3) is 0.588. The first-order chi connectivity index (χ1) is 11.0. The molecular formula is C17H25FN2O3. The molecular weight excluding hydrogens is 299 g/mol. The Morgan fingerprint density at radius 3 is 2.65 bits per heavy atom. The molecule has 1 aromatic carbocycles. The van der Waals surface area contributed by atoms with Gasteiger partial charge in [-0.25, -0.2) is 4.39 Å². The Morgan fingerprint density at radius 2 is 2.09 bits per heavy atom. The van der Waals surface area contributed by atoms with E-state index < -0.39 is 23.9 Å². The monoisotopic (exact) mass is 324 g/mol. The quantitative estimate of drug-likeness (QED) is 0.590. The lowest BCUT2D eigenvalue weighted by atomic mass is 9.84. The van der Waals surface area contributed by atoms with Crippen molar-refractivity contribution in [2.75, 3.05) is 13.7 Å². The second-order valence-electron chi connectivity index (χ2n) is 6.17. The maximum atomic E-state index is 14.7. The standard InChI is InChI=1S/C17H25FN2O3/c1-19-14(22)10-17(16(18)15(23)13(11-21)20-17)9-5-8-12-6-3-2-4-7-12/h2-4,6-7,13,15-16,20-21,23H,5,8-11H2,1H3,(H,19,22)/t13-,15-,16+,17-/m1/s1. The van der Waals surface area contributed by atoms with Gasteiger partial charge in [0.15, 0.2) is 0 Å². The molecule has 1 fully saturated rings. The Morgan fingerprint density at radius 1 is 1.39 bits per heavy atom. The highest BCUT2D eigenvalue weighted by Gasteiger charge is 2.53. The first-order valence-corrected chi connectivity index (χ1v) is 7.97. The number of halogens is 1. The van der Waals surface area contributed by atoms with Gasteiger partial charge in [-0.15, -0.1) is 0 Å². The lowest BCUT2D eigenvalue weighted by molar-refractivity contribution is -0.122. The fourth-order valence-electron chi connectivity index (χ4n) is 3.29. The van der Waals surface area contributed by atoms with Gasteiger partial charge in [0.25, 0.3) is 0 Å². The van der Waals surface area contributed by atoms with Crippen molar-refractivity contribution in [2.45, 2.75) is 49.5 Å². The van der Waals surface area contributed by atoms with Crippen molar-refractivity contribution < 1.29 is 19.4 Å². The molecule has 4 atom stereocenters. The van der Waals surface area contributed by atoms with Crippen LogP contribution in [-0.2, 0) is 11.2 Å². The number of rotatable bonds is 7. The van der Waals surface area contributed by atoms with E-state index in [4.69, 9.17) is 0 Å². The van der Waals surface area contributed by atoms with Crippen LogP contribution in [0.15, 0.2) is 30.3 Å². The molecule has 1 aromatic rings. The minimum Gasteiger partial charge on any atom is -0.395 e. The molecule has 1 heterocycles. The summed E-state index contributed by atoms with van der Waals surface area (Å²) in [5.41, 5.74) is 0.0112.